The van der Waals surface area contributed by atoms with Crippen LogP contribution in [0.3, 0.4) is 0 Å². The minimum atomic E-state index is -0.303. The van der Waals surface area contributed by atoms with Crippen LogP contribution in [-0.2, 0) is 4.74 Å². The molecule has 1 aromatic carbocycles. The van der Waals surface area contributed by atoms with Gasteiger partial charge in [0.15, 0.2) is 0 Å². The predicted molar refractivity (Wildman–Crippen MR) is 102 cm³/mol. The number of nitrogens with one attached hydrogen (secondary N) is 1. The van der Waals surface area contributed by atoms with E-state index >= 15 is 0 Å². The molecule has 4 heterocycles. The Hall–Kier alpha value is -3.26. The van der Waals surface area contributed by atoms with Crippen molar-refractivity contribution < 1.29 is 13.9 Å². The number of pyridine rings is 1. The Kier molecular flexibility index (Phi) is 3.87. The van der Waals surface area contributed by atoms with Crippen LogP contribution < -0.4 is 0 Å². The van der Waals surface area contributed by atoms with E-state index in [0.717, 1.165) is 33.2 Å². The van der Waals surface area contributed by atoms with E-state index in [-0.39, 0.29) is 11.7 Å². The maximum Gasteiger partial charge on any atom is 0.272 e. The summed E-state index contributed by atoms with van der Waals surface area (Å²) in [4.78, 5) is 18.9. The quantitative estimate of drug-likeness (QED) is 0.581. The molecule has 142 valence electrons. The summed E-state index contributed by atoms with van der Waals surface area (Å²) in [6.45, 7) is 4.18. The number of hydrogen-bond donors (Lipinski definition) is 1. The van der Waals surface area contributed by atoms with Gasteiger partial charge in [-0.2, -0.15) is 5.10 Å². The lowest BCUT2D eigenvalue weighted by Gasteiger charge is -2.26. The first-order chi connectivity index (χ1) is 13.6. The SMILES string of the molecule is Cc1cc(C(=O)N2CCOCC2)ncc1-n1c2ccc(F)cc2c2[nH]ncc21. The lowest BCUT2D eigenvalue weighted by Crippen LogP contribution is -2.41. The molecule has 0 saturated carbocycles. The second-order valence-corrected chi connectivity index (χ2v) is 6.89. The van der Waals surface area contributed by atoms with Crippen molar-refractivity contribution in [3.05, 3.63) is 53.7 Å². The molecule has 1 amide bonds. The zero-order chi connectivity index (χ0) is 19.3. The molecule has 1 N–H and O–H groups in total. The third-order valence-electron chi connectivity index (χ3n) is 5.17. The molecule has 0 radical (unpaired) electrons. The number of aryl methyl sites for hydroxylation is 1. The van der Waals surface area contributed by atoms with E-state index < -0.39 is 0 Å². The number of hydrogen-bond acceptors (Lipinski definition) is 4. The average molecular weight is 379 g/mol. The third kappa shape index (κ3) is 2.56. The fourth-order valence-corrected chi connectivity index (χ4v) is 3.77. The minimum Gasteiger partial charge on any atom is -0.378 e. The molecule has 0 aliphatic carbocycles. The zero-order valence-electron chi connectivity index (χ0n) is 15.3. The molecule has 1 fully saturated rings. The zero-order valence-corrected chi connectivity index (χ0v) is 15.3. The van der Waals surface area contributed by atoms with Crippen molar-refractivity contribution in [2.45, 2.75) is 6.92 Å². The molecule has 1 saturated heterocycles. The number of carbonyl (C=O) groups excluding carboxylic acids is 1. The number of morpholine rings is 1. The van der Waals surface area contributed by atoms with Crippen LogP contribution in [-0.4, -0.2) is 56.9 Å². The van der Waals surface area contributed by atoms with E-state index in [1.165, 1.54) is 12.1 Å². The molecule has 4 aromatic rings. The third-order valence-corrected chi connectivity index (χ3v) is 5.17. The smallest absolute Gasteiger partial charge is 0.272 e. The summed E-state index contributed by atoms with van der Waals surface area (Å²) in [5, 5.41) is 7.79. The summed E-state index contributed by atoms with van der Waals surface area (Å²) in [5.41, 5.74) is 4.58. The van der Waals surface area contributed by atoms with Gasteiger partial charge in [-0.15, -0.1) is 0 Å². The van der Waals surface area contributed by atoms with E-state index in [4.69, 9.17) is 4.74 Å². The van der Waals surface area contributed by atoms with Gasteiger partial charge in [0.05, 0.1) is 47.8 Å². The largest absolute Gasteiger partial charge is 0.378 e. The van der Waals surface area contributed by atoms with E-state index in [1.807, 2.05) is 11.5 Å². The lowest BCUT2D eigenvalue weighted by atomic mass is 10.2. The Bertz CT molecular complexity index is 1210. The summed E-state index contributed by atoms with van der Waals surface area (Å²) in [6.07, 6.45) is 3.40. The van der Waals surface area contributed by atoms with Crippen molar-refractivity contribution in [2.24, 2.45) is 0 Å². The topological polar surface area (TPSA) is 76.0 Å². The standard InChI is InChI=1S/C20H18FN5O2/c1-12-8-15(20(27)25-4-6-28-7-5-25)22-10-17(12)26-16-3-2-13(21)9-14(16)19-18(26)11-23-24-19/h2-3,8-11H,4-7H2,1H3,(H,23,24). The molecular formula is C20H18FN5O2. The first-order valence-corrected chi connectivity index (χ1v) is 9.10. The van der Waals surface area contributed by atoms with Gasteiger partial charge >= 0.3 is 0 Å². The number of H-pyrrole nitrogens is 1. The Morgan fingerprint density at radius 3 is 2.79 bits per heavy atom. The Balaban J connectivity index is 1.62. The highest BCUT2D eigenvalue weighted by Crippen LogP contribution is 2.32. The molecule has 28 heavy (non-hydrogen) atoms. The van der Waals surface area contributed by atoms with Crippen molar-refractivity contribution in [3.63, 3.8) is 0 Å². The van der Waals surface area contributed by atoms with Crippen LogP contribution in [0.25, 0.3) is 27.6 Å². The van der Waals surface area contributed by atoms with Crippen LogP contribution in [0, 0.1) is 12.7 Å². The normalized spacial score (nSPS) is 14.9. The van der Waals surface area contributed by atoms with Crippen LogP contribution >= 0.6 is 0 Å². The van der Waals surface area contributed by atoms with Gasteiger partial charge in [0, 0.05) is 18.5 Å². The van der Waals surface area contributed by atoms with E-state index in [9.17, 15) is 9.18 Å². The maximum absolute atomic E-state index is 13.8. The molecule has 7 nitrogen and oxygen atoms in total. The van der Waals surface area contributed by atoms with Crippen LogP contribution in [0.2, 0.25) is 0 Å². The number of carbonyl (C=O) groups is 1. The van der Waals surface area contributed by atoms with Crippen LogP contribution in [0.1, 0.15) is 16.1 Å². The van der Waals surface area contributed by atoms with E-state index in [0.29, 0.717) is 32.0 Å². The molecular weight excluding hydrogens is 361 g/mol. The number of ether oxygens (including phenoxy) is 1. The van der Waals surface area contributed by atoms with Gasteiger partial charge in [0.25, 0.3) is 5.91 Å². The molecule has 0 bridgehead atoms. The second kappa shape index (κ2) is 6.42. The van der Waals surface area contributed by atoms with Crippen molar-refractivity contribution >= 4 is 27.8 Å². The highest BCUT2D eigenvalue weighted by Gasteiger charge is 2.21. The van der Waals surface area contributed by atoms with Gasteiger partial charge in [-0.05, 0) is 36.8 Å². The van der Waals surface area contributed by atoms with Gasteiger partial charge in [0.1, 0.15) is 11.5 Å². The Morgan fingerprint density at radius 1 is 1.18 bits per heavy atom. The van der Waals surface area contributed by atoms with Gasteiger partial charge in [-0.25, -0.2) is 9.37 Å². The minimum absolute atomic E-state index is 0.0918. The molecule has 8 heteroatoms. The fourth-order valence-electron chi connectivity index (χ4n) is 3.77. The first-order valence-electron chi connectivity index (χ1n) is 9.10. The summed E-state index contributed by atoms with van der Waals surface area (Å²) < 4.78 is 21.1. The number of halogens is 1. The van der Waals surface area contributed by atoms with E-state index in [1.54, 1.807) is 29.4 Å². The molecule has 1 aliphatic rings. The van der Waals surface area contributed by atoms with Crippen LogP contribution in [0.5, 0.6) is 0 Å². The Morgan fingerprint density at radius 2 is 2.00 bits per heavy atom. The summed E-state index contributed by atoms with van der Waals surface area (Å²) in [6, 6.07) is 6.47. The fraction of sp³-hybridized carbons (Fsp3) is 0.250. The van der Waals surface area contributed by atoms with Crippen molar-refractivity contribution in [3.8, 4) is 5.69 Å². The summed E-state index contributed by atoms with van der Waals surface area (Å²) >= 11 is 0. The number of rotatable bonds is 2. The number of aromatic amines is 1. The van der Waals surface area contributed by atoms with Crippen LogP contribution in [0.4, 0.5) is 4.39 Å². The van der Waals surface area contributed by atoms with Gasteiger partial charge in [-0.3, -0.25) is 9.89 Å². The lowest BCUT2D eigenvalue weighted by molar-refractivity contribution is 0.0299. The number of amides is 1. The molecule has 0 spiro atoms. The second-order valence-electron chi connectivity index (χ2n) is 6.89. The number of nitrogens with zero attached hydrogens (tertiary/aromatic N) is 4. The number of fused-ring (bicyclic) bond motifs is 3. The summed E-state index contributed by atoms with van der Waals surface area (Å²) in [5.74, 6) is -0.395. The van der Waals surface area contributed by atoms with Gasteiger partial charge < -0.3 is 14.2 Å². The highest BCUT2D eigenvalue weighted by molar-refractivity contribution is 6.07. The molecule has 1 aliphatic heterocycles. The maximum atomic E-state index is 13.8. The summed E-state index contributed by atoms with van der Waals surface area (Å²) in [7, 11) is 0. The van der Waals surface area contributed by atoms with Crippen molar-refractivity contribution in [1.82, 2.24) is 24.6 Å². The molecule has 0 atom stereocenters. The van der Waals surface area contributed by atoms with Crippen LogP contribution in [0.15, 0.2) is 36.7 Å². The Labute approximate surface area is 159 Å². The molecule has 5 rings (SSSR count). The van der Waals surface area contributed by atoms with Gasteiger partial charge in [0.2, 0.25) is 0 Å². The number of aromatic nitrogens is 4. The monoisotopic (exact) mass is 379 g/mol. The highest BCUT2D eigenvalue weighted by atomic mass is 19.1. The average Bonchev–Trinajstić information content (AvgIpc) is 3.29. The van der Waals surface area contributed by atoms with Gasteiger partial charge in [-0.1, -0.05) is 0 Å². The molecule has 3 aromatic heterocycles. The predicted octanol–water partition coefficient (Wildman–Crippen LogP) is 2.82. The van der Waals surface area contributed by atoms with Crippen molar-refractivity contribution in [1.29, 1.82) is 0 Å². The van der Waals surface area contributed by atoms with Crippen molar-refractivity contribution in [2.75, 3.05) is 26.3 Å². The number of benzene rings is 1. The van der Waals surface area contributed by atoms with E-state index in [2.05, 4.69) is 15.2 Å². The molecule has 0 unspecified atom stereocenters. The first kappa shape index (κ1) is 16.9.